The number of amides is 1. The Balaban J connectivity index is 1.98. The average Bonchev–Trinajstić information content (AvgIpc) is 2.73. The zero-order chi connectivity index (χ0) is 12.3. The summed E-state index contributed by atoms with van der Waals surface area (Å²) in [5, 5.41) is 6.92. The predicted molar refractivity (Wildman–Crippen MR) is 68.9 cm³/mol. The molecule has 0 unspecified atom stereocenters. The van der Waals surface area contributed by atoms with Crippen LogP contribution in [0.15, 0.2) is 29.1 Å². The maximum Gasteiger partial charge on any atom is 0.270 e. The van der Waals surface area contributed by atoms with Crippen LogP contribution in [0.3, 0.4) is 0 Å². The van der Waals surface area contributed by atoms with Gasteiger partial charge in [-0.2, -0.15) is 11.3 Å². The summed E-state index contributed by atoms with van der Waals surface area (Å²) < 4.78 is 0. The summed E-state index contributed by atoms with van der Waals surface area (Å²) >= 11 is 1.63. The van der Waals surface area contributed by atoms with Gasteiger partial charge >= 0.3 is 0 Å². The highest BCUT2D eigenvalue weighted by molar-refractivity contribution is 7.08. The fourth-order valence-corrected chi connectivity index (χ4v) is 2.23. The Hall–Kier alpha value is -1.88. The van der Waals surface area contributed by atoms with Gasteiger partial charge in [0, 0.05) is 6.54 Å². The molecule has 0 saturated heterocycles. The predicted octanol–water partition coefficient (Wildman–Crippen LogP) is 1.96. The third-order valence-electron chi connectivity index (χ3n) is 2.42. The fraction of sp³-hybridized carbons (Fsp3) is 0.167. The first-order chi connectivity index (χ1) is 8.16. The number of carbonyl (C=O) groups is 1. The number of nitrogens with zero attached hydrogens (tertiary/aromatic N) is 1. The second-order valence-electron chi connectivity index (χ2n) is 3.74. The van der Waals surface area contributed by atoms with Crippen molar-refractivity contribution in [2.75, 3.05) is 5.73 Å². The third kappa shape index (κ3) is 2.82. The second-order valence-corrected chi connectivity index (χ2v) is 4.48. The van der Waals surface area contributed by atoms with Crippen LogP contribution in [0.25, 0.3) is 0 Å². The molecule has 0 atom stereocenters. The molecule has 2 aromatic rings. The molecule has 0 aromatic carbocycles. The molecule has 5 heteroatoms. The van der Waals surface area contributed by atoms with Crippen molar-refractivity contribution in [2.24, 2.45) is 0 Å². The molecule has 0 bridgehead atoms. The topological polar surface area (TPSA) is 68.0 Å². The second kappa shape index (κ2) is 4.97. The van der Waals surface area contributed by atoms with Gasteiger partial charge in [0.2, 0.25) is 0 Å². The van der Waals surface area contributed by atoms with E-state index in [-0.39, 0.29) is 5.91 Å². The molecule has 0 fully saturated rings. The van der Waals surface area contributed by atoms with Gasteiger partial charge in [0.25, 0.3) is 5.91 Å². The van der Waals surface area contributed by atoms with Gasteiger partial charge in [0.05, 0.1) is 11.9 Å². The van der Waals surface area contributed by atoms with Crippen molar-refractivity contribution in [3.05, 3.63) is 45.9 Å². The van der Waals surface area contributed by atoms with Gasteiger partial charge in [-0.05, 0) is 40.9 Å². The number of nitrogen functional groups attached to an aromatic ring is 1. The van der Waals surface area contributed by atoms with E-state index in [9.17, 15) is 4.79 Å². The highest BCUT2D eigenvalue weighted by atomic mass is 32.1. The Morgan fingerprint density at radius 3 is 2.88 bits per heavy atom. The van der Waals surface area contributed by atoms with Gasteiger partial charge in [0.15, 0.2) is 0 Å². The lowest BCUT2D eigenvalue weighted by atomic mass is 10.2. The molecule has 1 amide bonds. The number of aryl methyl sites for hydroxylation is 1. The van der Waals surface area contributed by atoms with Gasteiger partial charge in [0.1, 0.15) is 5.69 Å². The molecule has 0 aliphatic rings. The highest BCUT2D eigenvalue weighted by Gasteiger charge is 2.07. The zero-order valence-corrected chi connectivity index (χ0v) is 10.3. The van der Waals surface area contributed by atoms with Crippen molar-refractivity contribution < 1.29 is 4.79 Å². The molecule has 2 aromatic heterocycles. The van der Waals surface area contributed by atoms with Crippen molar-refractivity contribution in [3.63, 3.8) is 0 Å². The van der Waals surface area contributed by atoms with E-state index in [1.807, 2.05) is 12.3 Å². The van der Waals surface area contributed by atoms with Crippen LogP contribution in [0.1, 0.15) is 21.6 Å². The molecular formula is C12H13N3OS. The Morgan fingerprint density at radius 1 is 1.47 bits per heavy atom. The number of pyridine rings is 1. The Morgan fingerprint density at radius 2 is 2.29 bits per heavy atom. The first-order valence-electron chi connectivity index (χ1n) is 5.18. The number of anilines is 1. The van der Waals surface area contributed by atoms with Crippen LogP contribution in [0.2, 0.25) is 0 Å². The van der Waals surface area contributed by atoms with E-state index in [1.165, 1.54) is 11.8 Å². The van der Waals surface area contributed by atoms with Gasteiger partial charge in [-0.1, -0.05) is 0 Å². The van der Waals surface area contributed by atoms with Gasteiger partial charge in [-0.3, -0.25) is 4.79 Å². The maximum atomic E-state index is 11.8. The molecule has 4 nitrogen and oxygen atoms in total. The minimum Gasteiger partial charge on any atom is -0.397 e. The van der Waals surface area contributed by atoms with Crippen LogP contribution in [0, 0.1) is 6.92 Å². The van der Waals surface area contributed by atoms with Crippen LogP contribution < -0.4 is 11.1 Å². The summed E-state index contributed by atoms with van der Waals surface area (Å²) in [4.78, 5) is 15.7. The normalized spacial score (nSPS) is 10.2. The Labute approximate surface area is 103 Å². The lowest BCUT2D eigenvalue weighted by Gasteiger charge is -2.04. The van der Waals surface area contributed by atoms with Crippen LogP contribution in [0.5, 0.6) is 0 Å². The molecule has 88 valence electrons. The van der Waals surface area contributed by atoms with Crippen LogP contribution >= 0.6 is 11.3 Å². The number of nitrogens with one attached hydrogen (secondary N) is 1. The summed E-state index contributed by atoms with van der Waals surface area (Å²) in [6.07, 6.45) is 1.48. The highest BCUT2D eigenvalue weighted by Crippen LogP contribution is 2.13. The van der Waals surface area contributed by atoms with Crippen molar-refractivity contribution >= 4 is 22.9 Å². The lowest BCUT2D eigenvalue weighted by molar-refractivity contribution is 0.0946. The van der Waals surface area contributed by atoms with Crippen LogP contribution in [0.4, 0.5) is 5.69 Å². The number of hydrogen-bond donors (Lipinski definition) is 2. The summed E-state index contributed by atoms with van der Waals surface area (Å²) in [5.74, 6) is -0.185. The summed E-state index contributed by atoms with van der Waals surface area (Å²) in [5.41, 5.74) is 8.77. The molecule has 17 heavy (non-hydrogen) atoms. The fourth-order valence-electron chi connectivity index (χ4n) is 1.37. The van der Waals surface area contributed by atoms with Crippen molar-refractivity contribution in [1.82, 2.24) is 10.3 Å². The molecule has 3 N–H and O–H groups in total. The summed E-state index contributed by atoms with van der Waals surface area (Å²) in [6, 6.07) is 3.28. The molecule has 2 rings (SSSR count). The number of nitrogens with two attached hydrogens (primary N) is 1. The SMILES string of the molecule is Cc1cscc1CNC(=O)c1ccc(N)cn1. The van der Waals surface area contributed by atoms with E-state index in [2.05, 4.69) is 15.7 Å². The van der Waals surface area contributed by atoms with Gasteiger partial charge in [-0.15, -0.1) is 0 Å². The Kier molecular flexibility index (Phi) is 3.39. The van der Waals surface area contributed by atoms with E-state index in [0.717, 1.165) is 5.56 Å². The largest absolute Gasteiger partial charge is 0.397 e. The maximum absolute atomic E-state index is 11.8. The zero-order valence-electron chi connectivity index (χ0n) is 9.43. The molecule has 0 saturated carbocycles. The van der Waals surface area contributed by atoms with Crippen molar-refractivity contribution in [2.45, 2.75) is 13.5 Å². The average molecular weight is 247 g/mol. The van der Waals surface area contributed by atoms with Crippen molar-refractivity contribution in [1.29, 1.82) is 0 Å². The van der Waals surface area contributed by atoms with Crippen LogP contribution in [-0.2, 0) is 6.54 Å². The minimum absolute atomic E-state index is 0.185. The molecule has 0 radical (unpaired) electrons. The monoisotopic (exact) mass is 247 g/mol. The number of aromatic nitrogens is 1. The Bertz CT molecular complexity index is 519. The van der Waals surface area contributed by atoms with Crippen LogP contribution in [-0.4, -0.2) is 10.9 Å². The van der Waals surface area contributed by atoms with Crippen molar-refractivity contribution in [3.8, 4) is 0 Å². The molecule has 0 aliphatic heterocycles. The first-order valence-corrected chi connectivity index (χ1v) is 6.12. The van der Waals surface area contributed by atoms with Gasteiger partial charge in [-0.25, -0.2) is 4.98 Å². The molecular weight excluding hydrogens is 234 g/mol. The molecule has 2 heterocycles. The van der Waals surface area contributed by atoms with Gasteiger partial charge < -0.3 is 11.1 Å². The number of thiophene rings is 1. The quantitative estimate of drug-likeness (QED) is 0.871. The minimum atomic E-state index is -0.185. The molecule has 0 aliphatic carbocycles. The van der Waals surface area contributed by atoms with E-state index in [4.69, 9.17) is 5.73 Å². The van der Waals surface area contributed by atoms with E-state index in [1.54, 1.807) is 23.5 Å². The third-order valence-corrected chi connectivity index (χ3v) is 3.33. The lowest BCUT2D eigenvalue weighted by Crippen LogP contribution is -2.23. The molecule has 0 spiro atoms. The van der Waals surface area contributed by atoms with E-state index >= 15 is 0 Å². The number of carbonyl (C=O) groups excluding carboxylic acids is 1. The summed E-state index contributed by atoms with van der Waals surface area (Å²) in [6.45, 7) is 2.56. The smallest absolute Gasteiger partial charge is 0.270 e. The number of hydrogen-bond acceptors (Lipinski definition) is 4. The standard InChI is InChI=1S/C12H13N3OS/c1-8-6-17-7-9(8)4-15-12(16)11-3-2-10(13)5-14-11/h2-3,5-7H,4,13H2,1H3,(H,15,16). The van der Waals surface area contributed by atoms with E-state index < -0.39 is 0 Å². The summed E-state index contributed by atoms with van der Waals surface area (Å²) in [7, 11) is 0. The van der Waals surface area contributed by atoms with E-state index in [0.29, 0.717) is 17.9 Å². The first kappa shape index (κ1) is 11.6. The number of rotatable bonds is 3.